The molecule has 0 spiro atoms. The van der Waals surface area contributed by atoms with Crippen LogP contribution in [0.1, 0.15) is 74.8 Å². The van der Waals surface area contributed by atoms with Crippen LogP contribution >= 0.6 is 0 Å². The van der Waals surface area contributed by atoms with Gasteiger partial charge in [-0.2, -0.15) is 0 Å². The van der Waals surface area contributed by atoms with Crippen LogP contribution in [0.25, 0.3) is 11.1 Å². The number of carboxylic acids is 1. The van der Waals surface area contributed by atoms with Crippen molar-refractivity contribution in [1.29, 1.82) is 0 Å². The SMILES string of the molecule is NCCCCCCCCCC[C@H](C(=O)O)C(=O)OCC1c2ccccc2-c2ccccc21. The summed E-state index contributed by atoms with van der Waals surface area (Å²) >= 11 is 0. The Morgan fingerprint density at radius 3 is 1.84 bits per heavy atom. The first-order valence-electron chi connectivity index (χ1n) is 11.9. The van der Waals surface area contributed by atoms with Gasteiger partial charge in [-0.1, -0.05) is 93.5 Å². The predicted octanol–water partition coefficient (Wildman–Crippen LogP) is 5.51. The number of fused-ring (bicyclic) bond motifs is 3. The number of ether oxygens (including phenoxy) is 1. The van der Waals surface area contributed by atoms with E-state index in [9.17, 15) is 14.7 Å². The highest BCUT2D eigenvalue weighted by Crippen LogP contribution is 2.44. The topological polar surface area (TPSA) is 89.6 Å². The van der Waals surface area contributed by atoms with Crippen molar-refractivity contribution in [2.45, 2.75) is 63.7 Å². The summed E-state index contributed by atoms with van der Waals surface area (Å²) in [5, 5.41) is 9.56. The minimum atomic E-state index is -1.09. The number of nitrogens with two attached hydrogens (primary N) is 1. The molecule has 0 amide bonds. The van der Waals surface area contributed by atoms with Gasteiger partial charge >= 0.3 is 11.9 Å². The summed E-state index contributed by atoms with van der Waals surface area (Å²) in [4.78, 5) is 24.3. The van der Waals surface area contributed by atoms with E-state index in [2.05, 4.69) is 24.3 Å². The lowest BCUT2D eigenvalue weighted by atomic mass is 9.97. The number of rotatable bonds is 14. The van der Waals surface area contributed by atoms with Gasteiger partial charge in [0, 0.05) is 5.92 Å². The van der Waals surface area contributed by atoms with Crippen molar-refractivity contribution in [3.05, 3.63) is 59.7 Å². The van der Waals surface area contributed by atoms with Gasteiger partial charge in [0.05, 0.1) is 0 Å². The molecule has 0 unspecified atom stereocenters. The van der Waals surface area contributed by atoms with Gasteiger partial charge in [0.15, 0.2) is 5.92 Å². The fraction of sp³-hybridized carbons (Fsp3) is 0.481. The van der Waals surface area contributed by atoms with Crippen LogP contribution in [0, 0.1) is 5.92 Å². The zero-order valence-corrected chi connectivity index (χ0v) is 18.8. The highest BCUT2D eigenvalue weighted by molar-refractivity contribution is 5.94. The number of hydrogen-bond donors (Lipinski definition) is 2. The molecule has 5 heteroatoms. The number of carbonyl (C=O) groups is 2. The lowest BCUT2D eigenvalue weighted by Crippen LogP contribution is -2.27. The smallest absolute Gasteiger partial charge is 0.320 e. The molecule has 2 aromatic rings. The van der Waals surface area contributed by atoms with E-state index in [1.165, 1.54) is 19.3 Å². The summed E-state index contributed by atoms with van der Waals surface area (Å²) in [7, 11) is 0. The van der Waals surface area contributed by atoms with Crippen LogP contribution in [0.15, 0.2) is 48.5 Å². The Kier molecular flexibility index (Phi) is 9.29. The van der Waals surface area contributed by atoms with E-state index in [1.807, 2.05) is 24.3 Å². The molecule has 0 aliphatic heterocycles. The maximum Gasteiger partial charge on any atom is 0.320 e. The van der Waals surface area contributed by atoms with Gasteiger partial charge in [0.2, 0.25) is 0 Å². The molecular weight excluding hydrogens is 402 g/mol. The Labute approximate surface area is 191 Å². The quantitative estimate of drug-likeness (QED) is 0.231. The summed E-state index contributed by atoms with van der Waals surface area (Å²) in [5.74, 6) is -2.86. The van der Waals surface area contributed by atoms with Crippen molar-refractivity contribution in [2.75, 3.05) is 13.2 Å². The standard InChI is InChI=1S/C27H35NO4/c28-18-12-6-4-2-1-3-5-7-17-24(26(29)30)27(31)32-19-25-22-15-10-8-13-20(22)21-14-9-11-16-23(21)25/h8-11,13-16,24-25H,1-7,12,17-19,28H2,(H,29,30)/t24-/m1/s1. The molecule has 1 atom stereocenters. The fourth-order valence-electron chi connectivity index (χ4n) is 4.60. The van der Waals surface area contributed by atoms with Crippen LogP contribution in [0.3, 0.4) is 0 Å². The second-order valence-electron chi connectivity index (χ2n) is 8.65. The van der Waals surface area contributed by atoms with Gasteiger partial charge in [0.25, 0.3) is 0 Å². The molecule has 0 heterocycles. The predicted molar refractivity (Wildman–Crippen MR) is 126 cm³/mol. The minimum absolute atomic E-state index is 0.0555. The van der Waals surface area contributed by atoms with Crippen LogP contribution in [0.2, 0.25) is 0 Å². The number of carboxylic acid groups (broad SMARTS) is 1. The molecule has 0 radical (unpaired) electrons. The molecule has 1 aliphatic rings. The minimum Gasteiger partial charge on any atom is -0.481 e. The maximum absolute atomic E-state index is 12.6. The monoisotopic (exact) mass is 437 g/mol. The van der Waals surface area contributed by atoms with E-state index in [1.54, 1.807) is 0 Å². The second kappa shape index (κ2) is 12.4. The Morgan fingerprint density at radius 1 is 0.812 bits per heavy atom. The fourth-order valence-corrected chi connectivity index (χ4v) is 4.60. The Bertz CT molecular complexity index is 849. The van der Waals surface area contributed by atoms with Gasteiger partial charge in [0.1, 0.15) is 6.61 Å². The number of esters is 1. The molecule has 0 saturated heterocycles. The number of unbranched alkanes of at least 4 members (excludes halogenated alkanes) is 7. The normalized spacial score (nSPS) is 13.4. The van der Waals surface area contributed by atoms with E-state index in [4.69, 9.17) is 10.5 Å². The van der Waals surface area contributed by atoms with Crippen LogP contribution in [0.4, 0.5) is 0 Å². The van der Waals surface area contributed by atoms with E-state index in [-0.39, 0.29) is 12.5 Å². The van der Waals surface area contributed by atoms with Crippen LogP contribution in [-0.4, -0.2) is 30.2 Å². The first-order chi connectivity index (χ1) is 15.6. The summed E-state index contributed by atoms with van der Waals surface area (Å²) < 4.78 is 5.57. The van der Waals surface area contributed by atoms with Gasteiger partial charge in [-0.25, -0.2) is 0 Å². The summed E-state index contributed by atoms with van der Waals surface area (Å²) in [5.41, 5.74) is 10.1. The third-order valence-corrected chi connectivity index (χ3v) is 6.38. The summed E-state index contributed by atoms with van der Waals surface area (Å²) in [6.07, 6.45) is 8.87. The third-order valence-electron chi connectivity index (χ3n) is 6.38. The van der Waals surface area contributed by atoms with Crippen LogP contribution < -0.4 is 5.73 Å². The van der Waals surface area contributed by atoms with Gasteiger partial charge in [-0.3, -0.25) is 9.59 Å². The summed E-state index contributed by atoms with van der Waals surface area (Å²) in [6.45, 7) is 0.923. The van der Waals surface area contributed by atoms with Gasteiger partial charge in [-0.05, 0) is 41.6 Å². The molecule has 5 nitrogen and oxygen atoms in total. The summed E-state index contributed by atoms with van der Waals surface area (Å²) in [6, 6.07) is 16.2. The number of hydrogen-bond acceptors (Lipinski definition) is 4. The van der Waals surface area contributed by atoms with Crippen molar-refractivity contribution < 1.29 is 19.4 Å². The molecule has 1 aliphatic carbocycles. The first kappa shape index (κ1) is 24.0. The molecular formula is C27H35NO4. The Balaban J connectivity index is 1.47. The van der Waals surface area contributed by atoms with E-state index in [0.717, 1.165) is 60.9 Å². The molecule has 0 bridgehead atoms. The number of carbonyl (C=O) groups excluding carboxylic acids is 1. The molecule has 32 heavy (non-hydrogen) atoms. The third kappa shape index (κ3) is 6.19. The molecule has 0 fully saturated rings. The zero-order chi connectivity index (χ0) is 22.8. The number of aliphatic carboxylic acids is 1. The zero-order valence-electron chi connectivity index (χ0n) is 18.8. The van der Waals surface area contributed by atoms with Crippen molar-refractivity contribution in [1.82, 2.24) is 0 Å². The molecule has 0 aromatic heterocycles. The largest absolute Gasteiger partial charge is 0.481 e. The Morgan fingerprint density at radius 2 is 1.31 bits per heavy atom. The second-order valence-corrected chi connectivity index (χ2v) is 8.65. The van der Waals surface area contributed by atoms with E-state index in [0.29, 0.717) is 6.42 Å². The molecule has 0 saturated carbocycles. The number of benzene rings is 2. The van der Waals surface area contributed by atoms with Crippen molar-refractivity contribution in [3.63, 3.8) is 0 Å². The van der Waals surface area contributed by atoms with Crippen molar-refractivity contribution in [2.24, 2.45) is 11.7 Å². The van der Waals surface area contributed by atoms with Gasteiger partial charge in [-0.15, -0.1) is 0 Å². The highest BCUT2D eigenvalue weighted by Gasteiger charge is 2.32. The van der Waals surface area contributed by atoms with E-state index >= 15 is 0 Å². The average molecular weight is 438 g/mol. The van der Waals surface area contributed by atoms with Crippen molar-refractivity contribution in [3.8, 4) is 11.1 Å². The molecule has 2 aromatic carbocycles. The maximum atomic E-state index is 12.6. The molecule has 3 N–H and O–H groups in total. The molecule has 172 valence electrons. The van der Waals surface area contributed by atoms with Crippen LogP contribution in [0.5, 0.6) is 0 Å². The lowest BCUT2D eigenvalue weighted by molar-refractivity contribution is -0.159. The average Bonchev–Trinajstić information content (AvgIpc) is 3.12. The Hall–Kier alpha value is -2.66. The first-order valence-corrected chi connectivity index (χ1v) is 11.9. The van der Waals surface area contributed by atoms with Gasteiger partial charge < -0.3 is 15.6 Å². The highest BCUT2D eigenvalue weighted by atomic mass is 16.5. The molecule has 3 rings (SSSR count). The lowest BCUT2D eigenvalue weighted by Gasteiger charge is -2.17. The van der Waals surface area contributed by atoms with Crippen LogP contribution in [-0.2, 0) is 14.3 Å². The van der Waals surface area contributed by atoms with Crippen molar-refractivity contribution >= 4 is 11.9 Å². The van der Waals surface area contributed by atoms with E-state index < -0.39 is 17.9 Å².